The van der Waals surface area contributed by atoms with Crippen molar-refractivity contribution in [3.63, 3.8) is 0 Å². The summed E-state index contributed by atoms with van der Waals surface area (Å²) in [6.07, 6.45) is 0. The molecule has 3 N–H and O–H groups in total. The Hall–Kier alpha value is -2.32. The molecule has 1 rings (SSSR count). The van der Waals surface area contributed by atoms with Gasteiger partial charge in [0.05, 0.1) is 26.5 Å². The Balaban J connectivity index is 2.67. The molecule has 1 atom stereocenters. The topological polar surface area (TPSA) is 106 Å². The molecule has 0 spiro atoms. The number of carbonyl (C=O) groups excluding carboxylic acids is 2. The summed E-state index contributed by atoms with van der Waals surface area (Å²) in [5.41, 5.74) is -0.931. The molecule has 0 bridgehead atoms. The van der Waals surface area contributed by atoms with Gasteiger partial charge >= 0.3 is 11.8 Å². The van der Waals surface area contributed by atoms with Crippen LogP contribution in [0.5, 0.6) is 11.5 Å². The van der Waals surface area contributed by atoms with Gasteiger partial charge in [0, 0.05) is 19.7 Å². The minimum Gasteiger partial charge on any atom is -0.497 e. The van der Waals surface area contributed by atoms with E-state index in [9.17, 15) is 14.7 Å². The maximum atomic E-state index is 11.9. The van der Waals surface area contributed by atoms with Crippen molar-refractivity contribution >= 4 is 17.5 Å². The predicted octanol–water partition coefficient (Wildman–Crippen LogP) is 0.156. The molecule has 8 nitrogen and oxygen atoms in total. The average molecular weight is 326 g/mol. The lowest BCUT2D eigenvalue weighted by atomic mass is 10.1. The Kier molecular flexibility index (Phi) is 6.80. The van der Waals surface area contributed by atoms with Crippen molar-refractivity contribution in [3.05, 3.63) is 18.2 Å². The fourth-order valence-electron chi connectivity index (χ4n) is 1.79. The van der Waals surface area contributed by atoms with Crippen LogP contribution in [0.1, 0.15) is 6.92 Å². The number of anilines is 1. The van der Waals surface area contributed by atoms with Gasteiger partial charge in [0.25, 0.3) is 0 Å². The third kappa shape index (κ3) is 5.76. The maximum Gasteiger partial charge on any atom is 0.313 e. The summed E-state index contributed by atoms with van der Waals surface area (Å²) in [6, 6.07) is 4.76. The van der Waals surface area contributed by atoms with Crippen LogP contribution in [0.15, 0.2) is 18.2 Å². The van der Waals surface area contributed by atoms with E-state index in [0.29, 0.717) is 17.2 Å². The third-order valence-electron chi connectivity index (χ3n) is 2.95. The number of hydrogen-bond acceptors (Lipinski definition) is 6. The van der Waals surface area contributed by atoms with Gasteiger partial charge in [-0.2, -0.15) is 0 Å². The van der Waals surface area contributed by atoms with Crippen LogP contribution >= 0.6 is 0 Å². The van der Waals surface area contributed by atoms with Gasteiger partial charge in [-0.1, -0.05) is 0 Å². The number of rotatable bonds is 7. The van der Waals surface area contributed by atoms with Gasteiger partial charge in [-0.25, -0.2) is 0 Å². The first-order valence-corrected chi connectivity index (χ1v) is 6.85. The lowest BCUT2D eigenvalue weighted by Crippen LogP contribution is -2.46. The molecule has 0 radical (unpaired) electrons. The second-order valence-electron chi connectivity index (χ2n) is 5.13. The highest BCUT2D eigenvalue weighted by Crippen LogP contribution is 2.28. The minimum atomic E-state index is -1.26. The fraction of sp³-hybridized carbons (Fsp3) is 0.467. The van der Waals surface area contributed by atoms with E-state index in [-0.39, 0.29) is 13.2 Å². The smallest absolute Gasteiger partial charge is 0.313 e. The van der Waals surface area contributed by atoms with Crippen LogP contribution in [0.25, 0.3) is 0 Å². The van der Waals surface area contributed by atoms with Crippen molar-refractivity contribution in [1.82, 2.24) is 5.32 Å². The Morgan fingerprint density at radius 1 is 1.17 bits per heavy atom. The average Bonchev–Trinajstić information content (AvgIpc) is 2.52. The number of amides is 2. The Bertz CT molecular complexity index is 559. The summed E-state index contributed by atoms with van der Waals surface area (Å²) >= 11 is 0. The Morgan fingerprint density at radius 2 is 1.87 bits per heavy atom. The third-order valence-corrected chi connectivity index (χ3v) is 2.95. The SMILES string of the molecule is COCC(C)(O)CNC(=O)C(=O)Nc1ccc(OC)cc1OC. The summed E-state index contributed by atoms with van der Waals surface area (Å²) < 4.78 is 15.0. The zero-order valence-electron chi connectivity index (χ0n) is 13.6. The van der Waals surface area contributed by atoms with Crippen LogP contribution in [-0.2, 0) is 14.3 Å². The van der Waals surface area contributed by atoms with Gasteiger partial charge in [0.15, 0.2) is 0 Å². The molecular weight excluding hydrogens is 304 g/mol. The summed E-state index contributed by atoms with van der Waals surface area (Å²) in [5.74, 6) is -0.835. The molecule has 1 unspecified atom stereocenters. The van der Waals surface area contributed by atoms with Crippen LogP contribution in [0.3, 0.4) is 0 Å². The maximum absolute atomic E-state index is 11.9. The fourth-order valence-corrected chi connectivity index (χ4v) is 1.79. The largest absolute Gasteiger partial charge is 0.497 e. The molecule has 1 aromatic carbocycles. The molecule has 8 heteroatoms. The molecule has 0 heterocycles. The molecule has 0 saturated carbocycles. The van der Waals surface area contributed by atoms with Gasteiger partial charge in [-0.3, -0.25) is 9.59 Å². The van der Waals surface area contributed by atoms with Crippen molar-refractivity contribution in [2.75, 3.05) is 39.8 Å². The van der Waals surface area contributed by atoms with E-state index >= 15 is 0 Å². The van der Waals surface area contributed by atoms with Crippen LogP contribution in [-0.4, -0.2) is 57.0 Å². The van der Waals surface area contributed by atoms with Gasteiger partial charge in [0.2, 0.25) is 0 Å². The standard InChI is InChI=1S/C15H22N2O6/c1-15(20,9-21-2)8-16-13(18)14(19)17-11-6-5-10(22-3)7-12(11)23-4/h5-7,20H,8-9H2,1-4H3,(H,16,18)(H,17,19). The number of hydrogen-bond donors (Lipinski definition) is 3. The van der Waals surface area contributed by atoms with E-state index in [0.717, 1.165) is 0 Å². The lowest BCUT2D eigenvalue weighted by Gasteiger charge is -2.22. The highest BCUT2D eigenvalue weighted by Gasteiger charge is 2.23. The van der Waals surface area contributed by atoms with Crippen molar-refractivity contribution in [3.8, 4) is 11.5 Å². The number of aliphatic hydroxyl groups is 1. The van der Waals surface area contributed by atoms with Crippen molar-refractivity contribution in [2.24, 2.45) is 0 Å². The van der Waals surface area contributed by atoms with E-state index in [1.165, 1.54) is 28.3 Å². The minimum absolute atomic E-state index is 0.0290. The molecule has 2 amide bonds. The first-order valence-electron chi connectivity index (χ1n) is 6.85. The van der Waals surface area contributed by atoms with Crippen LogP contribution in [0, 0.1) is 0 Å². The second kappa shape index (κ2) is 8.35. The molecule has 128 valence electrons. The summed E-state index contributed by atoms with van der Waals surface area (Å²) in [5, 5.41) is 14.6. The molecule has 0 saturated heterocycles. The number of benzene rings is 1. The van der Waals surface area contributed by atoms with Gasteiger partial charge < -0.3 is 30.0 Å². The molecule has 0 aliphatic carbocycles. The van der Waals surface area contributed by atoms with Gasteiger partial charge in [-0.15, -0.1) is 0 Å². The van der Waals surface area contributed by atoms with Gasteiger partial charge in [0.1, 0.15) is 17.1 Å². The van der Waals surface area contributed by atoms with E-state index in [1.807, 2.05) is 0 Å². The van der Waals surface area contributed by atoms with E-state index in [4.69, 9.17) is 14.2 Å². The predicted molar refractivity (Wildman–Crippen MR) is 83.7 cm³/mol. The van der Waals surface area contributed by atoms with E-state index in [1.54, 1.807) is 18.2 Å². The summed E-state index contributed by atoms with van der Waals surface area (Å²) in [7, 11) is 4.37. The first kappa shape index (κ1) is 18.7. The Labute approximate surface area is 134 Å². The first-order chi connectivity index (χ1) is 10.8. The number of carbonyl (C=O) groups is 2. The Morgan fingerprint density at radius 3 is 2.43 bits per heavy atom. The number of methoxy groups -OCH3 is 3. The zero-order valence-corrected chi connectivity index (χ0v) is 13.6. The van der Waals surface area contributed by atoms with E-state index < -0.39 is 17.4 Å². The van der Waals surface area contributed by atoms with Gasteiger partial charge in [-0.05, 0) is 19.1 Å². The highest BCUT2D eigenvalue weighted by molar-refractivity contribution is 6.39. The lowest BCUT2D eigenvalue weighted by molar-refractivity contribution is -0.137. The number of nitrogens with one attached hydrogen (secondary N) is 2. The molecule has 0 aliphatic rings. The molecule has 0 aromatic heterocycles. The van der Waals surface area contributed by atoms with Crippen molar-refractivity contribution in [1.29, 1.82) is 0 Å². The highest BCUT2D eigenvalue weighted by atomic mass is 16.5. The number of ether oxygens (including phenoxy) is 3. The van der Waals surface area contributed by atoms with Crippen LogP contribution in [0.2, 0.25) is 0 Å². The van der Waals surface area contributed by atoms with Crippen LogP contribution in [0.4, 0.5) is 5.69 Å². The molecular formula is C15H22N2O6. The van der Waals surface area contributed by atoms with Crippen molar-refractivity contribution in [2.45, 2.75) is 12.5 Å². The second-order valence-corrected chi connectivity index (χ2v) is 5.13. The normalized spacial score (nSPS) is 12.9. The molecule has 23 heavy (non-hydrogen) atoms. The quantitative estimate of drug-likeness (QED) is 0.616. The summed E-state index contributed by atoms with van der Waals surface area (Å²) in [4.78, 5) is 23.7. The van der Waals surface area contributed by atoms with E-state index in [2.05, 4.69) is 10.6 Å². The van der Waals surface area contributed by atoms with Crippen LogP contribution < -0.4 is 20.1 Å². The zero-order chi connectivity index (χ0) is 17.5. The molecule has 1 aromatic rings. The summed E-state index contributed by atoms with van der Waals surface area (Å²) in [6.45, 7) is 1.40. The molecule has 0 fully saturated rings. The molecule has 0 aliphatic heterocycles. The van der Waals surface area contributed by atoms with Crippen molar-refractivity contribution < 1.29 is 28.9 Å². The monoisotopic (exact) mass is 326 g/mol.